The largest absolute Gasteiger partial charge is 0.481 e. The molecule has 6 nitrogen and oxygen atoms in total. The smallest absolute Gasteiger partial charge is 0.305 e. The van der Waals surface area contributed by atoms with Gasteiger partial charge in [0.1, 0.15) is 5.69 Å². The van der Waals surface area contributed by atoms with Gasteiger partial charge in [0.05, 0.1) is 19.0 Å². The molecule has 0 fully saturated rings. The predicted octanol–water partition coefficient (Wildman–Crippen LogP) is 2.55. The normalized spacial score (nSPS) is 11.9. The number of carbonyl (C=O) groups is 2. The van der Waals surface area contributed by atoms with E-state index in [2.05, 4.69) is 10.4 Å². The highest BCUT2D eigenvalue weighted by Crippen LogP contribution is 2.18. The van der Waals surface area contributed by atoms with E-state index < -0.39 is 5.97 Å². The summed E-state index contributed by atoms with van der Waals surface area (Å²) in [7, 11) is 0. The second-order valence-corrected chi connectivity index (χ2v) is 5.43. The van der Waals surface area contributed by atoms with Crippen LogP contribution in [0.5, 0.6) is 0 Å². The lowest BCUT2D eigenvalue weighted by molar-refractivity contribution is -0.137. The molecule has 0 saturated heterocycles. The average molecular weight is 315 g/mol. The first-order valence-electron chi connectivity index (χ1n) is 7.62. The maximum absolute atomic E-state index is 12.5. The Morgan fingerprint density at radius 1 is 1.26 bits per heavy atom. The van der Waals surface area contributed by atoms with Crippen LogP contribution in [-0.4, -0.2) is 26.8 Å². The summed E-state index contributed by atoms with van der Waals surface area (Å²) < 4.78 is 1.42. The Hall–Kier alpha value is -2.63. The zero-order valence-electron chi connectivity index (χ0n) is 13.3. The second kappa shape index (κ2) is 7.58. The van der Waals surface area contributed by atoms with Crippen LogP contribution >= 0.6 is 0 Å². The predicted molar refractivity (Wildman–Crippen MR) is 86.2 cm³/mol. The minimum atomic E-state index is -0.919. The third-order valence-electron chi connectivity index (χ3n) is 3.68. The monoisotopic (exact) mass is 315 g/mol. The van der Waals surface area contributed by atoms with Crippen LogP contribution in [-0.2, 0) is 11.3 Å². The molecule has 2 rings (SSSR count). The van der Waals surface area contributed by atoms with Gasteiger partial charge in [-0.2, -0.15) is 5.10 Å². The lowest BCUT2D eigenvalue weighted by Gasteiger charge is -2.18. The number of aromatic nitrogens is 2. The standard InChI is InChI=1S/C17H21N3O3/c1-3-14(13-6-4-12(2)5-7-13)19-17(23)15-8-10-18-20(15)11-9-16(21)22/h4-8,10,14H,3,9,11H2,1-2H3,(H,19,23)(H,21,22). The molecule has 122 valence electrons. The van der Waals surface area contributed by atoms with E-state index in [1.165, 1.54) is 16.4 Å². The highest BCUT2D eigenvalue weighted by Gasteiger charge is 2.17. The summed E-state index contributed by atoms with van der Waals surface area (Å²) in [5.41, 5.74) is 2.58. The Morgan fingerprint density at radius 3 is 2.57 bits per heavy atom. The Labute approximate surface area is 135 Å². The molecule has 23 heavy (non-hydrogen) atoms. The van der Waals surface area contributed by atoms with Gasteiger partial charge in [-0.1, -0.05) is 36.8 Å². The molecule has 1 heterocycles. The van der Waals surface area contributed by atoms with Gasteiger partial charge in [-0.15, -0.1) is 0 Å². The summed E-state index contributed by atoms with van der Waals surface area (Å²) in [5.74, 6) is -1.17. The molecular formula is C17H21N3O3. The van der Waals surface area contributed by atoms with Crippen molar-refractivity contribution in [2.24, 2.45) is 0 Å². The van der Waals surface area contributed by atoms with E-state index in [9.17, 15) is 9.59 Å². The van der Waals surface area contributed by atoms with E-state index in [1.54, 1.807) is 6.07 Å². The van der Waals surface area contributed by atoms with Gasteiger partial charge in [-0.3, -0.25) is 14.3 Å². The number of nitrogens with one attached hydrogen (secondary N) is 1. The lowest BCUT2D eigenvalue weighted by Crippen LogP contribution is -2.30. The molecule has 0 aliphatic carbocycles. The zero-order valence-corrected chi connectivity index (χ0v) is 13.3. The first-order valence-corrected chi connectivity index (χ1v) is 7.62. The van der Waals surface area contributed by atoms with Gasteiger partial charge in [0.25, 0.3) is 5.91 Å². The Bertz CT molecular complexity index is 677. The van der Waals surface area contributed by atoms with Gasteiger partial charge < -0.3 is 10.4 Å². The molecule has 6 heteroatoms. The average Bonchev–Trinajstić information content (AvgIpc) is 3.00. The summed E-state index contributed by atoms with van der Waals surface area (Å²) in [6.45, 7) is 4.20. The summed E-state index contributed by atoms with van der Waals surface area (Å²) >= 11 is 0. The minimum absolute atomic E-state index is 0.0723. The number of carbonyl (C=O) groups excluding carboxylic acids is 1. The fraction of sp³-hybridized carbons (Fsp3) is 0.353. The molecule has 0 radical (unpaired) electrons. The summed E-state index contributed by atoms with van der Waals surface area (Å²) in [6.07, 6.45) is 2.19. The van der Waals surface area contributed by atoms with Gasteiger partial charge in [0.2, 0.25) is 0 Å². The second-order valence-electron chi connectivity index (χ2n) is 5.43. The Morgan fingerprint density at radius 2 is 1.96 bits per heavy atom. The maximum atomic E-state index is 12.5. The highest BCUT2D eigenvalue weighted by atomic mass is 16.4. The van der Waals surface area contributed by atoms with E-state index in [0.29, 0.717) is 5.69 Å². The van der Waals surface area contributed by atoms with Crippen LogP contribution in [0, 0.1) is 6.92 Å². The molecule has 1 aromatic carbocycles. The summed E-state index contributed by atoms with van der Waals surface area (Å²) in [4.78, 5) is 23.1. The van der Waals surface area contributed by atoms with Crippen LogP contribution in [0.3, 0.4) is 0 Å². The molecule has 0 saturated carbocycles. The quantitative estimate of drug-likeness (QED) is 0.822. The Balaban J connectivity index is 2.09. The van der Waals surface area contributed by atoms with E-state index in [1.807, 2.05) is 38.1 Å². The van der Waals surface area contributed by atoms with Crippen molar-refractivity contribution in [1.82, 2.24) is 15.1 Å². The van der Waals surface area contributed by atoms with Crippen molar-refractivity contribution < 1.29 is 14.7 Å². The number of carboxylic acid groups (broad SMARTS) is 1. The van der Waals surface area contributed by atoms with Crippen molar-refractivity contribution in [3.63, 3.8) is 0 Å². The van der Waals surface area contributed by atoms with Crippen molar-refractivity contribution in [2.75, 3.05) is 0 Å². The SMILES string of the molecule is CCC(NC(=O)c1ccnn1CCC(=O)O)c1ccc(C)cc1. The molecule has 0 aliphatic rings. The molecule has 0 spiro atoms. The topological polar surface area (TPSA) is 84.2 Å². The molecule has 2 aromatic rings. The Kier molecular flexibility index (Phi) is 5.51. The molecular weight excluding hydrogens is 294 g/mol. The van der Waals surface area contributed by atoms with E-state index in [4.69, 9.17) is 5.11 Å². The molecule has 0 bridgehead atoms. The molecule has 1 unspecified atom stereocenters. The van der Waals surface area contributed by atoms with Crippen molar-refractivity contribution >= 4 is 11.9 Å². The van der Waals surface area contributed by atoms with E-state index >= 15 is 0 Å². The van der Waals surface area contributed by atoms with E-state index in [0.717, 1.165) is 12.0 Å². The number of rotatable bonds is 7. The van der Waals surface area contributed by atoms with Crippen molar-refractivity contribution in [2.45, 2.75) is 39.3 Å². The molecule has 2 N–H and O–H groups in total. The number of aliphatic carboxylic acids is 1. The summed E-state index contributed by atoms with van der Waals surface area (Å²) in [6, 6.07) is 9.55. The number of aryl methyl sites for hydroxylation is 2. The van der Waals surface area contributed by atoms with Gasteiger partial charge in [-0.25, -0.2) is 0 Å². The summed E-state index contributed by atoms with van der Waals surface area (Å²) in [5, 5.41) is 15.8. The van der Waals surface area contributed by atoms with Gasteiger partial charge in [0, 0.05) is 6.20 Å². The van der Waals surface area contributed by atoms with Crippen LogP contribution in [0.15, 0.2) is 36.5 Å². The molecule has 0 aliphatic heterocycles. The number of nitrogens with zero attached hydrogens (tertiary/aromatic N) is 2. The van der Waals surface area contributed by atoms with Gasteiger partial charge in [0.15, 0.2) is 0 Å². The van der Waals surface area contributed by atoms with Crippen LogP contribution in [0.1, 0.15) is 47.4 Å². The molecule has 1 amide bonds. The van der Waals surface area contributed by atoms with Gasteiger partial charge >= 0.3 is 5.97 Å². The molecule has 1 atom stereocenters. The van der Waals surface area contributed by atoms with Crippen molar-refractivity contribution in [3.05, 3.63) is 53.3 Å². The lowest BCUT2D eigenvalue weighted by atomic mass is 10.0. The van der Waals surface area contributed by atoms with E-state index in [-0.39, 0.29) is 24.9 Å². The minimum Gasteiger partial charge on any atom is -0.481 e. The maximum Gasteiger partial charge on any atom is 0.305 e. The third kappa shape index (κ3) is 4.42. The first-order chi connectivity index (χ1) is 11.0. The number of hydrogen-bond acceptors (Lipinski definition) is 3. The number of benzene rings is 1. The highest BCUT2D eigenvalue weighted by molar-refractivity contribution is 5.92. The fourth-order valence-corrected chi connectivity index (χ4v) is 2.36. The van der Waals surface area contributed by atoms with Crippen LogP contribution in [0.25, 0.3) is 0 Å². The van der Waals surface area contributed by atoms with Gasteiger partial charge in [-0.05, 0) is 25.0 Å². The number of carboxylic acids is 1. The zero-order chi connectivity index (χ0) is 16.8. The van der Waals surface area contributed by atoms with Crippen molar-refractivity contribution in [3.8, 4) is 0 Å². The van der Waals surface area contributed by atoms with Crippen molar-refractivity contribution in [1.29, 1.82) is 0 Å². The fourth-order valence-electron chi connectivity index (χ4n) is 2.36. The molecule has 1 aromatic heterocycles. The van der Waals surface area contributed by atoms with Crippen LogP contribution in [0.2, 0.25) is 0 Å². The van der Waals surface area contributed by atoms with Crippen LogP contribution in [0.4, 0.5) is 0 Å². The first kappa shape index (κ1) is 16.7. The van der Waals surface area contributed by atoms with Crippen LogP contribution < -0.4 is 5.32 Å². The number of amides is 1. The third-order valence-corrected chi connectivity index (χ3v) is 3.68. The number of hydrogen-bond donors (Lipinski definition) is 2.